The predicted molar refractivity (Wildman–Crippen MR) is 68.9 cm³/mol. The zero-order chi connectivity index (χ0) is 12.1. The molecule has 0 bridgehead atoms. The molecule has 1 unspecified atom stereocenters. The van der Waals surface area contributed by atoms with Crippen molar-refractivity contribution in [2.75, 3.05) is 6.61 Å². The molecule has 2 aromatic rings. The van der Waals surface area contributed by atoms with Crippen LogP contribution in [0.4, 0.5) is 0 Å². The number of aliphatic hydroxyl groups is 1. The molecule has 0 saturated heterocycles. The van der Waals surface area contributed by atoms with E-state index in [1.165, 1.54) is 16.7 Å². The second-order valence-corrected chi connectivity index (χ2v) is 4.30. The topological polar surface area (TPSA) is 33.1 Å². The summed E-state index contributed by atoms with van der Waals surface area (Å²) in [5.41, 5.74) is 3.68. The van der Waals surface area contributed by atoms with Gasteiger partial charge in [0.15, 0.2) is 0 Å². The zero-order valence-corrected chi connectivity index (χ0v) is 10.0. The fourth-order valence-corrected chi connectivity index (χ4v) is 2.12. The van der Waals surface area contributed by atoms with E-state index in [4.69, 9.17) is 0 Å². The van der Waals surface area contributed by atoms with Gasteiger partial charge < -0.3 is 5.11 Å². The molecule has 2 rings (SSSR count). The lowest BCUT2D eigenvalue weighted by Crippen LogP contribution is -2.09. The Labute approximate surface area is 102 Å². The van der Waals surface area contributed by atoms with Gasteiger partial charge in [-0.2, -0.15) is 0 Å². The predicted octanol–water partition coefficient (Wildman–Crippen LogP) is 2.71. The number of rotatable bonds is 4. The molecule has 0 aliphatic rings. The van der Waals surface area contributed by atoms with Crippen LogP contribution in [0.15, 0.2) is 48.8 Å². The minimum absolute atomic E-state index is 0.165. The molecule has 2 heteroatoms. The molecule has 17 heavy (non-hydrogen) atoms. The van der Waals surface area contributed by atoms with Crippen LogP contribution in [0.5, 0.6) is 0 Å². The third kappa shape index (κ3) is 2.92. The maximum Gasteiger partial charge on any atom is 0.0503 e. The minimum Gasteiger partial charge on any atom is -0.396 e. The van der Waals surface area contributed by atoms with Gasteiger partial charge in [-0.05, 0) is 42.2 Å². The highest BCUT2D eigenvalue weighted by atomic mass is 16.3. The molecule has 0 amide bonds. The van der Waals surface area contributed by atoms with E-state index in [0.717, 1.165) is 6.42 Å². The Morgan fingerprint density at radius 2 is 1.82 bits per heavy atom. The van der Waals surface area contributed by atoms with Gasteiger partial charge in [0.2, 0.25) is 0 Å². The molecular weight excluding hydrogens is 210 g/mol. The molecule has 88 valence electrons. The molecule has 0 radical (unpaired) electrons. The Balaban J connectivity index is 2.21. The lowest BCUT2D eigenvalue weighted by atomic mass is 9.90. The van der Waals surface area contributed by atoms with E-state index in [-0.39, 0.29) is 12.5 Å². The van der Waals surface area contributed by atoms with Gasteiger partial charge in [-0.25, -0.2) is 0 Å². The molecule has 0 aliphatic heterocycles. The molecule has 0 aliphatic carbocycles. The first-order chi connectivity index (χ1) is 8.31. The fourth-order valence-electron chi connectivity index (χ4n) is 2.12. The quantitative estimate of drug-likeness (QED) is 0.871. The molecule has 0 spiro atoms. The lowest BCUT2D eigenvalue weighted by Gasteiger charge is -2.17. The number of aryl methyl sites for hydroxylation is 1. The first-order valence-electron chi connectivity index (χ1n) is 5.86. The maximum atomic E-state index is 9.55. The number of aliphatic hydroxyl groups excluding tert-OH is 1. The molecule has 1 heterocycles. The van der Waals surface area contributed by atoms with Crippen LogP contribution in [0.25, 0.3) is 0 Å². The third-order valence-electron chi connectivity index (χ3n) is 3.08. The van der Waals surface area contributed by atoms with Gasteiger partial charge in [0.1, 0.15) is 0 Å². The van der Waals surface area contributed by atoms with Crippen molar-refractivity contribution in [1.82, 2.24) is 4.98 Å². The Morgan fingerprint density at radius 3 is 2.47 bits per heavy atom. The Bertz CT molecular complexity index is 467. The smallest absolute Gasteiger partial charge is 0.0503 e. The zero-order valence-electron chi connectivity index (χ0n) is 10.0. The second kappa shape index (κ2) is 5.60. The van der Waals surface area contributed by atoms with Crippen LogP contribution in [0.3, 0.4) is 0 Å². The Hall–Kier alpha value is -1.67. The molecule has 0 fully saturated rings. The van der Waals surface area contributed by atoms with E-state index >= 15 is 0 Å². The number of nitrogens with zero attached hydrogens (tertiary/aromatic N) is 1. The number of aromatic nitrogens is 1. The summed E-state index contributed by atoms with van der Waals surface area (Å²) in [6.07, 6.45) is 4.44. The van der Waals surface area contributed by atoms with Crippen LogP contribution < -0.4 is 0 Å². The summed E-state index contributed by atoms with van der Waals surface area (Å²) in [5.74, 6) is 0.165. The summed E-state index contributed by atoms with van der Waals surface area (Å²) in [4.78, 5) is 4.01. The summed E-state index contributed by atoms with van der Waals surface area (Å²) < 4.78 is 0. The van der Waals surface area contributed by atoms with E-state index in [1.54, 1.807) is 12.4 Å². The summed E-state index contributed by atoms with van der Waals surface area (Å²) in [5, 5.41) is 9.55. The largest absolute Gasteiger partial charge is 0.396 e. The average Bonchev–Trinajstić information content (AvgIpc) is 2.38. The summed E-state index contributed by atoms with van der Waals surface area (Å²) >= 11 is 0. The van der Waals surface area contributed by atoms with Gasteiger partial charge in [-0.15, -0.1) is 0 Å². The van der Waals surface area contributed by atoms with Crippen LogP contribution in [-0.2, 0) is 6.42 Å². The highest BCUT2D eigenvalue weighted by Crippen LogP contribution is 2.23. The summed E-state index contributed by atoms with van der Waals surface area (Å²) in [6.45, 7) is 2.26. The number of benzene rings is 1. The monoisotopic (exact) mass is 227 g/mol. The first-order valence-corrected chi connectivity index (χ1v) is 5.86. The summed E-state index contributed by atoms with van der Waals surface area (Å²) in [7, 11) is 0. The molecule has 2 nitrogen and oxygen atoms in total. The van der Waals surface area contributed by atoms with Crippen molar-refractivity contribution in [2.24, 2.45) is 0 Å². The molecule has 1 atom stereocenters. The normalized spacial score (nSPS) is 12.4. The molecule has 1 aromatic heterocycles. The molecular formula is C15H17NO. The van der Waals surface area contributed by atoms with Crippen molar-refractivity contribution in [3.63, 3.8) is 0 Å². The number of pyridine rings is 1. The van der Waals surface area contributed by atoms with Gasteiger partial charge in [0.25, 0.3) is 0 Å². The lowest BCUT2D eigenvalue weighted by molar-refractivity contribution is 0.264. The van der Waals surface area contributed by atoms with Crippen LogP contribution in [0.1, 0.15) is 22.6 Å². The van der Waals surface area contributed by atoms with Crippen molar-refractivity contribution in [3.8, 4) is 0 Å². The molecule has 0 saturated carbocycles. The first kappa shape index (κ1) is 11.8. The van der Waals surface area contributed by atoms with E-state index in [0.29, 0.717) is 0 Å². The minimum atomic E-state index is 0.165. The van der Waals surface area contributed by atoms with Gasteiger partial charge in [-0.1, -0.05) is 24.3 Å². The summed E-state index contributed by atoms with van der Waals surface area (Å²) in [6, 6.07) is 12.2. The van der Waals surface area contributed by atoms with E-state index < -0.39 is 0 Å². The van der Waals surface area contributed by atoms with E-state index in [2.05, 4.69) is 24.0 Å². The van der Waals surface area contributed by atoms with Gasteiger partial charge in [0.05, 0.1) is 6.61 Å². The van der Waals surface area contributed by atoms with E-state index in [9.17, 15) is 5.11 Å². The Kier molecular flexibility index (Phi) is 3.89. The van der Waals surface area contributed by atoms with Gasteiger partial charge in [-0.3, -0.25) is 4.98 Å². The standard InChI is InChI=1S/C15H17NO/c1-12-4-2-3-5-15(12)14(11-17)10-13-6-8-16-9-7-13/h2-9,14,17H,10-11H2,1H3. The average molecular weight is 227 g/mol. The highest BCUT2D eigenvalue weighted by Gasteiger charge is 2.12. The maximum absolute atomic E-state index is 9.55. The molecule has 1 N–H and O–H groups in total. The number of hydrogen-bond donors (Lipinski definition) is 1. The van der Waals surface area contributed by atoms with Crippen LogP contribution >= 0.6 is 0 Å². The number of hydrogen-bond acceptors (Lipinski definition) is 2. The second-order valence-electron chi connectivity index (χ2n) is 4.30. The van der Waals surface area contributed by atoms with Gasteiger partial charge in [0, 0.05) is 18.3 Å². The van der Waals surface area contributed by atoms with Gasteiger partial charge >= 0.3 is 0 Å². The van der Waals surface area contributed by atoms with Crippen molar-refractivity contribution >= 4 is 0 Å². The fraction of sp³-hybridized carbons (Fsp3) is 0.267. The van der Waals surface area contributed by atoms with E-state index in [1.807, 2.05) is 24.3 Å². The van der Waals surface area contributed by atoms with Crippen molar-refractivity contribution in [3.05, 3.63) is 65.5 Å². The van der Waals surface area contributed by atoms with Crippen molar-refractivity contribution in [2.45, 2.75) is 19.3 Å². The Morgan fingerprint density at radius 1 is 1.12 bits per heavy atom. The van der Waals surface area contributed by atoms with Crippen LogP contribution in [-0.4, -0.2) is 16.7 Å². The van der Waals surface area contributed by atoms with Crippen molar-refractivity contribution < 1.29 is 5.11 Å². The molecule has 1 aromatic carbocycles. The van der Waals surface area contributed by atoms with Crippen molar-refractivity contribution in [1.29, 1.82) is 0 Å². The highest BCUT2D eigenvalue weighted by molar-refractivity contribution is 5.30. The van der Waals surface area contributed by atoms with Crippen LogP contribution in [0.2, 0.25) is 0 Å². The third-order valence-corrected chi connectivity index (χ3v) is 3.08. The van der Waals surface area contributed by atoms with Crippen LogP contribution in [0, 0.1) is 6.92 Å². The SMILES string of the molecule is Cc1ccccc1C(CO)Cc1ccncc1.